The predicted molar refractivity (Wildman–Crippen MR) is 80.9 cm³/mol. The summed E-state index contributed by atoms with van der Waals surface area (Å²) >= 11 is 0. The second kappa shape index (κ2) is 5.77. The maximum absolute atomic E-state index is 12.2. The van der Waals surface area contributed by atoms with Crippen LogP contribution in [0.15, 0.2) is 18.2 Å². The van der Waals surface area contributed by atoms with E-state index in [0.717, 1.165) is 37.8 Å². The Balaban J connectivity index is 1.96. The first-order valence-electron chi connectivity index (χ1n) is 7.36. The standard InChI is InChI=1S/C17H25NO/c1-17(2,3)10-4-7-16(19)14-8-9-15-13(12-14)6-5-11-18-15/h8-9,12,18H,4-7,10-11H2,1-3H3. The van der Waals surface area contributed by atoms with Gasteiger partial charge in [0, 0.05) is 24.2 Å². The summed E-state index contributed by atoms with van der Waals surface area (Å²) in [6, 6.07) is 6.11. The third kappa shape index (κ3) is 4.09. The lowest BCUT2D eigenvalue weighted by Gasteiger charge is -2.19. The second-order valence-corrected chi connectivity index (χ2v) is 6.74. The zero-order valence-corrected chi connectivity index (χ0v) is 12.4. The predicted octanol–water partition coefficient (Wildman–Crippen LogP) is 4.44. The molecule has 0 aliphatic carbocycles. The average molecular weight is 259 g/mol. The Morgan fingerprint density at radius 3 is 2.84 bits per heavy atom. The Labute approximate surface area is 116 Å². The Kier molecular flexibility index (Phi) is 4.28. The SMILES string of the molecule is CC(C)(C)CCCC(=O)c1ccc2c(c1)CCCN2. The molecular formula is C17H25NO. The van der Waals surface area contributed by atoms with E-state index in [2.05, 4.69) is 38.2 Å². The van der Waals surface area contributed by atoms with Gasteiger partial charge in [0.25, 0.3) is 0 Å². The van der Waals surface area contributed by atoms with E-state index in [1.807, 2.05) is 6.07 Å². The Bertz CT molecular complexity index is 457. The highest BCUT2D eigenvalue weighted by molar-refractivity contribution is 5.96. The Morgan fingerprint density at radius 2 is 2.11 bits per heavy atom. The summed E-state index contributed by atoms with van der Waals surface area (Å²) in [5, 5.41) is 3.38. The van der Waals surface area contributed by atoms with Crippen LogP contribution in [0.25, 0.3) is 0 Å². The number of fused-ring (bicyclic) bond motifs is 1. The van der Waals surface area contributed by atoms with Gasteiger partial charge in [0.2, 0.25) is 0 Å². The van der Waals surface area contributed by atoms with E-state index in [-0.39, 0.29) is 5.78 Å². The van der Waals surface area contributed by atoms with Crippen molar-refractivity contribution >= 4 is 11.5 Å². The van der Waals surface area contributed by atoms with Crippen molar-refractivity contribution in [3.8, 4) is 0 Å². The Morgan fingerprint density at radius 1 is 1.32 bits per heavy atom. The van der Waals surface area contributed by atoms with Crippen LogP contribution in [0.4, 0.5) is 5.69 Å². The molecule has 1 heterocycles. The highest BCUT2D eigenvalue weighted by atomic mass is 16.1. The number of aryl methyl sites for hydroxylation is 1. The van der Waals surface area contributed by atoms with Gasteiger partial charge in [-0.05, 0) is 54.9 Å². The molecule has 1 N–H and O–H groups in total. The number of rotatable bonds is 4. The lowest BCUT2D eigenvalue weighted by molar-refractivity contribution is 0.0976. The fraction of sp³-hybridized carbons (Fsp3) is 0.588. The maximum Gasteiger partial charge on any atom is 0.162 e. The number of anilines is 1. The van der Waals surface area contributed by atoms with E-state index < -0.39 is 0 Å². The zero-order valence-electron chi connectivity index (χ0n) is 12.4. The first-order chi connectivity index (χ1) is 8.96. The van der Waals surface area contributed by atoms with Crippen LogP contribution in [0.5, 0.6) is 0 Å². The first kappa shape index (κ1) is 14.1. The molecule has 0 radical (unpaired) electrons. The largest absolute Gasteiger partial charge is 0.385 e. The summed E-state index contributed by atoms with van der Waals surface area (Å²) in [6.07, 6.45) is 5.01. The van der Waals surface area contributed by atoms with E-state index in [1.165, 1.54) is 11.3 Å². The molecule has 1 aliphatic rings. The topological polar surface area (TPSA) is 29.1 Å². The van der Waals surface area contributed by atoms with Crippen molar-refractivity contribution in [3.63, 3.8) is 0 Å². The van der Waals surface area contributed by atoms with Crippen LogP contribution in [0.1, 0.15) is 62.4 Å². The number of carbonyl (C=O) groups excluding carboxylic acids is 1. The van der Waals surface area contributed by atoms with Gasteiger partial charge < -0.3 is 5.32 Å². The number of ketones is 1. The molecule has 19 heavy (non-hydrogen) atoms. The van der Waals surface area contributed by atoms with E-state index in [0.29, 0.717) is 11.8 Å². The molecule has 0 spiro atoms. The third-order valence-electron chi connectivity index (χ3n) is 3.70. The normalized spacial score (nSPS) is 14.7. The fourth-order valence-corrected chi connectivity index (χ4v) is 2.57. The van der Waals surface area contributed by atoms with Gasteiger partial charge in [0.1, 0.15) is 0 Å². The van der Waals surface area contributed by atoms with Gasteiger partial charge in [-0.3, -0.25) is 4.79 Å². The highest BCUT2D eigenvalue weighted by Gasteiger charge is 2.14. The first-order valence-corrected chi connectivity index (χ1v) is 7.36. The molecule has 104 valence electrons. The smallest absolute Gasteiger partial charge is 0.162 e. The average Bonchev–Trinajstić information content (AvgIpc) is 2.36. The van der Waals surface area contributed by atoms with Crippen molar-refractivity contribution in [1.29, 1.82) is 0 Å². The molecule has 1 aliphatic heterocycles. The summed E-state index contributed by atoms with van der Waals surface area (Å²) in [6.45, 7) is 7.72. The number of Topliss-reactive ketones (excluding diaryl/α,β-unsaturated/α-hetero) is 1. The van der Waals surface area contributed by atoms with Gasteiger partial charge in [-0.2, -0.15) is 0 Å². The maximum atomic E-state index is 12.2. The van der Waals surface area contributed by atoms with Crippen LogP contribution < -0.4 is 5.32 Å². The minimum absolute atomic E-state index is 0.289. The minimum atomic E-state index is 0.289. The van der Waals surface area contributed by atoms with Crippen molar-refractivity contribution in [2.45, 2.75) is 52.9 Å². The number of hydrogen-bond acceptors (Lipinski definition) is 2. The number of benzene rings is 1. The summed E-state index contributed by atoms with van der Waals surface area (Å²) in [4.78, 5) is 12.2. The van der Waals surface area contributed by atoms with Crippen LogP contribution in [0.3, 0.4) is 0 Å². The summed E-state index contributed by atoms with van der Waals surface area (Å²) in [7, 11) is 0. The van der Waals surface area contributed by atoms with Crippen LogP contribution in [0.2, 0.25) is 0 Å². The minimum Gasteiger partial charge on any atom is -0.385 e. The summed E-state index contributed by atoms with van der Waals surface area (Å²) in [5.41, 5.74) is 3.71. The van der Waals surface area contributed by atoms with Crippen molar-refractivity contribution in [2.75, 3.05) is 11.9 Å². The summed E-state index contributed by atoms with van der Waals surface area (Å²) < 4.78 is 0. The highest BCUT2D eigenvalue weighted by Crippen LogP contribution is 2.25. The summed E-state index contributed by atoms with van der Waals surface area (Å²) in [5.74, 6) is 0.289. The second-order valence-electron chi connectivity index (χ2n) is 6.74. The quantitative estimate of drug-likeness (QED) is 0.810. The lowest BCUT2D eigenvalue weighted by Crippen LogP contribution is -2.13. The molecule has 0 unspecified atom stereocenters. The molecule has 2 nitrogen and oxygen atoms in total. The Hall–Kier alpha value is -1.31. The van der Waals surface area contributed by atoms with E-state index in [9.17, 15) is 4.79 Å². The molecule has 0 fully saturated rings. The molecule has 2 rings (SSSR count). The fourth-order valence-electron chi connectivity index (χ4n) is 2.57. The third-order valence-corrected chi connectivity index (χ3v) is 3.70. The molecule has 1 aromatic rings. The molecule has 0 bridgehead atoms. The van der Waals surface area contributed by atoms with Crippen molar-refractivity contribution in [2.24, 2.45) is 5.41 Å². The molecule has 0 atom stereocenters. The molecule has 0 saturated carbocycles. The molecule has 1 aromatic carbocycles. The molecule has 0 saturated heterocycles. The lowest BCUT2D eigenvalue weighted by atomic mass is 9.88. The zero-order chi connectivity index (χ0) is 13.9. The number of carbonyl (C=O) groups is 1. The van der Waals surface area contributed by atoms with E-state index >= 15 is 0 Å². The van der Waals surface area contributed by atoms with Gasteiger partial charge in [0.15, 0.2) is 5.78 Å². The monoisotopic (exact) mass is 259 g/mol. The van der Waals surface area contributed by atoms with Crippen molar-refractivity contribution in [1.82, 2.24) is 0 Å². The van der Waals surface area contributed by atoms with Crippen molar-refractivity contribution in [3.05, 3.63) is 29.3 Å². The van der Waals surface area contributed by atoms with Gasteiger partial charge in [0.05, 0.1) is 0 Å². The van der Waals surface area contributed by atoms with E-state index in [4.69, 9.17) is 0 Å². The molecule has 0 aromatic heterocycles. The number of hydrogen-bond donors (Lipinski definition) is 1. The molecule has 0 amide bonds. The van der Waals surface area contributed by atoms with Crippen LogP contribution in [-0.4, -0.2) is 12.3 Å². The van der Waals surface area contributed by atoms with Gasteiger partial charge in [-0.15, -0.1) is 0 Å². The molecule has 2 heteroatoms. The van der Waals surface area contributed by atoms with Gasteiger partial charge >= 0.3 is 0 Å². The number of nitrogens with one attached hydrogen (secondary N) is 1. The van der Waals surface area contributed by atoms with Crippen LogP contribution in [-0.2, 0) is 6.42 Å². The van der Waals surface area contributed by atoms with Crippen LogP contribution >= 0.6 is 0 Å². The van der Waals surface area contributed by atoms with E-state index in [1.54, 1.807) is 0 Å². The van der Waals surface area contributed by atoms with Gasteiger partial charge in [-0.1, -0.05) is 20.8 Å². The van der Waals surface area contributed by atoms with Crippen molar-refractivity contribution < 1.29 is 4.79 Å². The molecular weight excluding hydrogens is 234 g/mol. The van der Waals surface area contributed by atoms with Crippen LogP contribution in [0, 0.1) is 5.41 Å². The van der Waals surface area contributed by atoms with Gasteiger partial charge in [-0.25, -0.2) is 0 Å².